The standard InChI is InChI=1S/C19H18ClF2N3O3/c20-12-5-10(7-24-8-12)16(26)14-6-15(14)19(9-27-18(23)25-19)11-1-3-13(4-2-11)28-17(21)22/h1-5,7-8,14-15,17-18,25H,6,9,23H2/t14-,15-,18?,19-/m1/s1. The lowest BCUT2D eigenvalue weighted by Crippen LogP contribution is -2.47. The summed E-state index contributed by atoms with van der Waals surface area (Å²) in [5, 5.41) is 3.63. The topological polar surface area (TPSA) is 86.5 Å². The highest BCUT2D eigenvalue weighted by Gasteiger charge is 2.59. The zero-order chi connectivity index (χ0) is 19.9. The van der Waals surface area contributed by atoms with Crippen LogP contribution >= 0.6 is 11.6 Å². The summed E-state index contributed by atoms with van der Waals surface area (Å²) in [6.45, 7) is -2.62. The van der Waals surface area contributed by atoms with E-state index in [1.54, 1.807) is 18.2 Å². The number of benzene rings is 1. The number of hydrogen-bond acceptors (Lipinski definition) is 6. The molecule has 1 saturated carbocycles. The van der Waals surface area contributed by atoms with Crippen molar-refractivity contribution in [2.45, 2.75) is 24.9 Å². The maximum Gasteiger partial charge on any atom is 0.387 e. The number of nitrogens with one attached hydrogen (secondary N) is 1. The Morgan fingerprint density at radius 2 is 2.11 bits per heavy atom. The summed E-state index contributed by atoms with van der Waals surface area (Å²) in [5.74, 6) is -0.280. The first-order valence-corrected chi connectivity index (χ1v) is 9.12. The molecule has 2 aliphatic rings. The number of pyridine rings is 1. The lowest BCUT2D eigenvalue weighted by molar-refractivity contribution is -0.0498. The van der Waals surface area contributed by atoms with Crippen LogP contribution in [0.4, 0.5) is 8.78 Å². The predicted octanol–water partition coefficient (Wildman–Crippen LogP) is 2.91. The fraction of sp³-hybridized carbons (Fsp3) is 0.368. The van der Waals surface area contributed by atoms with Gasteiger partial charge in [0.15, 0.2) is 12.1 Å². The van der Waals surface area contributed by atoms with Gasteiger partial charge in [-0.25, -0.2) is 0 Å². The molecule has 1 aliphatic carbocycles. The number of hydrogen-bond donors (Lipinski definition) is 2. The van der Waals surface area contributed by atoms with Crippen LogP contribution in [0, 0.1) is 11.8 Å². The summed E-state index contributed by atoms with van der Waals surface area (Å²) in [6, 6.07) is 7.91. The Labute approximate surface area is 165 Å². The molecule has 9 heteroatoms. The largest absolute Gasteiger partial charge is 0.435 e. The number of ketones is 1. The lowest BCUT2D eigenvalue weighted by Gasteiger charge is -2.29. The third kappa shape index (κ3) is 3.60. The van der Waals surface area contributed by atoms with Gasteiger partial charge in [0.2, 0.25) is 0 Å². The molecule has 1 aromatic heterocycles. The van der Waals surface area contributed by atoms with Gasteiger partial charge in [-0.05, 0) is 36.1 Å². The van der Waals surface area contributed by atoms with Crippen molar-refractivity contribution in [1.29, 1.82) is 0 Å². The minimum absolute atomic E-state index is 0.0423. The Kier molecular flexibility index (Phi) is 5.05. The van der Waals surface area contributed by atoms with Gasteiger partial charge in [0.1, 0.15) is 5.75 Å². The van der Waals surface area contributed by atoms with E-state index in [9.17, 15) is 13.6 Å². The molecule has 3 N–H and O–H groups in total. The summed E-state index contributed by atoms with van der Waals surface area (Å²) < 4.78 is 34.7. The molecular formula is C19H18ClF2N3O3. The van der Waals surface area contributed by atoms with Gasteiger partial charge in [0, 0.05) is 23.9 Å². The van der Waals surface area contributed by atoms with Crippen molar-refractivity contribution in [3.8, 4) is 5.75 Å². The zero-order valence-electron chi connectivity index (χ0n) is 14.6. The number of carbonyl (C=O) groups is 1. The molecule has 0 radical (unpaired) electrons. The molecule has 1 unspecified atom stereocenters. The highest BCUT2D eigenvalue weighted by atomic mass is 35.5. The third-order valence-electron chi connectivity index (χ3n) is 5.23. The molecule has 148 valence electrons. The Morgan fingerprint density at radius 3 is 2.71 bits per heavy atom. The van der Waals surface area contributed by atoms with E-state index < -0.39 is 18.5 Å². The molecule has 2 aromatic rings. The molecule has 0 bridgehead atoms. The van der Waals surface area contributed by atoms with Gasteiger partial charge in [0.05, 0.1) is 17.2 Å². The minimum Gasteiger partial charge on any atom is -0.435 e. The third-order valence-corrected chi connectivity index (χ3v) is 5.44. The van der Waals surface area contributed by atoms with Crippen molar-refractivity contribution < 1.29 is 23.0 Å². The molecule has 4 rings (SSSR count). The van der Waals surface area contributed by atoms with Gasteiger partial charge in [-0.1, -0.05) is 23.7 Å². The average molecular weight is 410 g/mol. The van der Waals surface area contributed by atoms with E-state index in [-0.39, 0.29) is 30.0 Å². The summed E-state index contributed by atoms with van der Waals surface area (Å²) in [7, 11) is 0. The number of ether oxygens (including phenoxy) is 2. The van der Waals surface area contributed by atoms with Crippen LogP contribution in [0.25, 0.3) is 0 Å². The Morgan fingerprint density at radius 1 is 1.36 bits per heavy atom. The average Bonchev–Trinajstić information content (AvgIpc) is 3.37. The number of halogens is 3. The normalized spacial score (nSPS) is 29.1. The van der Waals surface area contributed by atoms with E-state index in [2.05, 4.69) is 15.0 Å². The number of aromatic nitrogens is 1. The highest BCUT2D eigenvalue weighted by molar-refractivity contribution is 6.30. The molecule has 0 amide bonds. The highest BCUT2D eigenvalue weighted by Crippen LogP contribution is 2.54. The smallest absolute Gasteiger partial charge is 0.387 e. The minimum atomic E-state index is -2.89. The van der Waals surface area contributed by atoms with Gasteiger partial charge in [-0.3, -0.25) is 20.8 Å². The SMILES string of the molecule is NC1N[C@](c2ccc(OC(F)F)cc2)([C@@H]2C[C@H]2C(=O)c2cncc(Cl)c2)CO1. The number of nitrogens with zero attached hydrogens (tertiary/aromatic N) is 1. The van der Waals surface area contributed by atoms with Crippen molar-refractivity contribution in [3.05, 3.63) is 58.9 Å². The van der Waals surface area contributed by atoms with Crippen LogP contribution < -0.4 is 15.8 Å². The van der Waals surface area contributed by atoms with Crippen molar-refractivity contribution in [1.82, 2.24) is 10.3 Å². The number of Topliss-reactive ketones (excluding diaryl/α,β-unsaturated/α-hetero) is 1. The molecule has 1 saturated heterocycles. The predicted molar refractivity (Wildman–Crippen MR) is 97.0 cm³/mol. The number of nitrogens with two attached hydrogens (primary N) is 1. The molecule has 28 heavy (non-hydrogen) atoms. The van der Waals surface area contributed by atoms with E-state index in [0.29, 0.717) is 17.0 Å². The van der Waals surface area contributed by atoms with Crippen molar-refractivity contribution in [2.24, 2.45) is 17.6 Å². The van der Waals surface area contributed by atoms with Gasteiger partial charge in [-0.2, -0.15) is 8.78 Å². The maximum absolute atomic E-state index is 12.9. The molecule has 2 fully saturated rings. The molecule has 1 aromatic carbocycles. The second-order valence-electron chi connectivity index (χ2n) is 6.95. The summed E-state index contributed by atoms with van der Waals surface area (Å²) >= 11 is 5.94. The van der Waals surface area contributed by atoms with Gasteiger partial charge in [-0.15, -0.1) is 0 Å². The first-order valence-electron chi connectivity index (χ1n) is 8.74. The Balaban J connectivity index is 1.58. The van der Waals surface area contributed by atoms with E-state index in [4.69, 9.17) is 22.1 Å². The summed E-state index contributed by atoms with van der Waals surface area (Å²) in [5.41, 5.74) is 6.46. The van der Waals surface area contributed by atoms with Gasteiger partial charge >= 0.3 is 6.61 Å². The molecule has 1 aliphatic heterocycles. The Bertz CT molecular complexity index is 883. The number of carbonyl (C=O) groups excluding carboxylic acids is 1. The second-order valence-corrected chi connectivity index (χ2v) is 7.39. The van der Waals surface area contributed by atoms with Crippen molar-refractivity contribution in [2.75, 3.05) is 6.61 Å². The molecule has 0 spiro atoms. The van der Waals surface area contributed by atoms with Gasteiger partial charge in [0.25, 0.3) is 0 Å². The van der Waals surface area contributed by atoms with E-state index in [0.717, 1.165) is 5.56 Å². The second kappa shape index (κ2) is 7.36. The number of rotatable bonds is 6. The lowest BCUT2D eigenvalue weighted by atomic mass is 9.84. The van der Waals surface area contributed by atoms with Crippen LogP contribution in [0.3, 0.4) is 0 Å². The summed E-state index contributed by atoms with van der Waals surface area (Å²) in [4.78, 5) is 16.8. The summed E-state index contributed by atoms with van der Waals surface area (Å²) in [6.07, 6.45) is 2.93. The van der Waals surface area contributed by atoms with Crippen LogP contribution in [0.1, 0.15) is 22.3 Å². The fourth-order valence-electron chi connectivity index (χ4n) is 3.88. The molecule has 6 nitrogen and oxygen atoms in total. The van der Waals surface area contributed by atoms with Gasteiger partial charge < -0.3 is 9.47 Å². The Hall–Kier alpha value is -2.13. The quantitative estimate of drug-likeness (QED) is 0.713. The maximum atomic E-state index is 12.9. The molecular weight excluding hydrogens is 392 g/mol. The van der Waals surface area contributed by atoms with Crippen LogP contribution in [0.5, 0.6) is 5.75 Å². The number of alkyl halides is 2. The first kappa shape index (κ1) is 19.2. The monoisotopic (exact) mass is 409 g/mol. The molecule has 2 heterocycles. The van der Waals surface area contributed by atoms with Crippen molar-refractivity contribution >= 4 is 17.4 Å². The van der Waals surface area contributed by atoms with Crippen LogP contribution in [0.15, 0.2) is 42.7 Å². The zero-order valence-corrected chi connectivity index (χ0v) is 15.4. The van der Waals surface area contributed by atoms with Crippen LogP contribution in [-0.4, -0.2) is 30.3 Å². The van der Waals surface area contributed by atoms with E-state index in [1.807, 2.05) is 0 Å². The fourth-order valence-corrected chi connectivity index (χ4v) is 4.05. The van der Waals surface area contributed by atoms with Crippen LogP contribution in [-0.2, 0) is 10.3 Å². The van der Waals surface area contributed by atoms with E-state index >= 15 is 0 Å². The van der Waals surface area contributed by atoms with Crippen molar-refractivity contribution in [3.63, 3.8) is 0 Å². The molecule has 4 atom stereocenters. The first-order chi connectivity index (χ1) is 13.4. The van der Waals surface area contributed by atoms with E-state index in [1.165, 1.54) is 24.5 Å². The van der Waals surface area contributed by atoms with Crippen LogP contribution in [0.2, 0.25) is 5.02 Å².